The molecule has 2 aromatic carbocycles. The zero-order chi connectivity index (χ0) is 17.5. The van der Waals surface area contributed by atoms with E-state index in [9.17, 15) is 5.11 Å². The van der Waals surface area contributed by atoms with Crippen molar-refractivity contribution in [2.45, 2.75) is 51.9 Å². The summed E-state index contributed by atoms with van der Waals surface area (Å²) in [4.78, 5) is 2.58. The number of nitrogens with one attached hydrogen (secondary N) is 1. The first kappa shape index (κ1) is 18.1. The van der Waals surface area contributed by atoms with Gasteiger partial charge in [-0.2, -0.15) is 0 Å². The van der Waals surface area contributed by atoms with Crippen molar-refractivity contribution in [2.24, 2.45) is 0 Å². The van der Waals surface area contributed by atoms with Gasteiger partial charge in [-0.3, -0.25) is 4.90 Å². The van der Waals surface area contributed by atoms with Gasteiger partial charge in [0.15, 0.2) is 0 Å². The molecule has 3 heteroatoms. The second kappa shape index (κ2) is 9.14. The number of benzene rings is 2. The Morgan fingerprint density at radius 1 is 1.00 bits per heavy atom. The van der Waals surface area contributed by atoms with E-state index in [4.69, 9.17) is 0 Å². The molecule has 2 aromatic rings. The van der Waals surface area contributed by atoms with Crippen LogP contribution < -0.4 is 5.32 Å². The van der Waals surface area contributed by atoms with Crippen LogP contribution in [0, 0.1) is 0 Å². The lowest BCUT2D eigenvalue weighted by atomic mass is 10.0. The minimum Gasteiger partial charge on any atom is -0.392 e. The monoisotopic (exact) mass is 338 g/mol. The molecule has 134 valence electrons. The molecule has 0 radical (unpaired) electrons. The third kappa shape index (κ3) is 5.15. The van der Waals surface area contributed by atoms with Crippen molar-refractivity contribution in [1.29, 1.82) is 0 Å². The molecule has 1 heterocycles. The minimum absolute atomic E-state index is 0.0965. The van der Waals surface area contributed by atoms with Gasteiger partial charge in [0.25, 0.3) is 0 Å². The molecular formula is C22H30N2O. The molecule has 0 saturated carbocycles. The van der Waals surface area contributed by atoms with Gasteiger partial charge in [-0.15, -0.1) is 0 Å². The van der Waals surface area contributed by atoms with Crippen LogP contribution in [0.1, 0.15) is 54.5 Å². The topological polar surface area (TPSA) is 35.5 Å². The summed E-state index contributed by atoms with van der Waals surface area (Å²) >= 11 is 0. The Morgan fingerprint density at radius 2 is 1.76 bits per heavy atom. The van der Waals surface area contributed by atoms with Crippen molar-refractivity contribution in [3.63, 3.8) is 0 Å². The number of likely N-dealkylation sites (tertiary alicyclic amines) is 1. The maximum atomic E-state index is 9.32. The van der Waals surface area contributed by atoms with Gasteiger partial charge in [-0.25, -0.2) is 0 Å². The highest BCUT2D eigenvalue weighted by molar-refractivity contribution is 5.28. The molecular weight excluding hydrogens is 308 g/mol. The Balaban J connectivity index is 1.62. The SMILES string of the molecule is CC(NCc1ccccc1CN1CCCCC1)c1cccc(CO)c1. The lowest BCUT2D eigenvalue weighted by Gasteiger charge is -2.27. The van der Waals surface area contributed by atoms with E-state index in [1.807, 2.05) is 12.1 Å². The van der Waals surface area contributed by atoms with Crippen LogP contribution in [0.15, 0.2) is 48.5 Å². The van der Waals surface area contributed by atoms with Crippen LogP contribution in [-0.2, 0) is 19.7 Å². The first-order valence-corrected chi connectivity index (χ1v) is 9.48. The fourth-order valence-corrected chi connectivity index (χ4v) is 3.58. The van der Waals surface area contributed by atoms with E-state index in [1.165, 1.54) is 49.0 Å². The largest absolute Gasteiger partial charge is 0.392 e. The first-order valence-electron chi connectivity index (χ1n) is 9.48. The van der Waals surface area contributed by atoms with Crippen LogP contribution in [0.4, 0.5) is 0 Å². The fraction of sp³-hybridized carbons (Fsp3) is 0.455. The van der Waals surface area contributed by atoms with Crippen LogP contribution >= 0.6 is 0 Å². The second-order valence-electron chi connectivity index (χ2n) is 7.11. The molecule has 1 atom stereocenters. The Hall–Kier alpha value is -1.68. The molecule has 0 bridgehead atoms. The van der Waals surface area contributed by atoms with Crippen molar-refractivity contribution in [3.05, 3.63) is 70.8 Å². The zero-order valence-electron chi connectivity index (χ0n) is 15.2. The zero-order valence-corrected chi connectivity index (χ0v) is 15.2. The smallest absolute Gasteiger partial charge is 0.0681 e. The predicted molar refractivity (Wildman–Crippen MR) is 103 cm³/mol. The van der Waals surface area contributed by atoms with E-state index < -0.39 is 0 Å². The molecule has 1 saturated heterocycles. The molecule has 1 unspecified atom stereocenters. The standard InChI is InChI=1S/C22H30N2O/c1-18(20-11-7-8-19(14-20)17-25)23-15-21-9-3-4-10-22(21)16-24-12-5-2-6-13-24/h3-4,7-11,14,18,23,25H,2,5-6,12-13,15-17H2,1H3. The Bertz CT molecular complexity index is 665. The molecule has 0 aromatic heterocycles. The normalized spacial score (nSPS) is 16.7. The molecule has 0 amide bonds. The number of aliphatic hydroxyl groups excluding tert-OH is 1. The number of aliphatic hydroxyl groups is 1. The van der Waals surface area contributed by atoms with Crippen LogP contribution in [0.5, 0.6) is 0 Å². The van der Waals surface area contributed by atoms with Crippen LogP contribution in [0.3, 0.4) is 0 Å². The maximum absolute atomic E-state index is 9.32. The quantitative estimate of drug-likeness (QED) is 0.800. The summed E-state index contributed by atoms with van der Waals surface area (Å²) in [5.41, 5.74) is 5.02. The van der Waals surface area contributed by atoms with Crippen molar-refractivity contribution in [2.75, 3.05) is 13.1 Å². The van der Waals surface area contributed by atoms with Gasteiger partial charge in [0.1, 0.15) is 0 Å². The summed E-state index contributed by atoms with van der Waals surface area (Å²) in [5.74, 6) is 0. The van der Waals surface area contributed by atoms with Gasteiger partial charge < -0.3 is 10.4 Å². The lowest BCUT2D eigenvalue weighted by molar-refractivity contribution is 0.220. The Labute approximate surface area is 151 Å². The summed E-state index contributed by atoms with van der Waals surface area (Å²) in [7, 11) is 0. The highest BCUT2D eigenvalue weighted by Gasteiger charge is 2.13. The molecule has 2 N–H and O–H groups in total. The Morgan fingerprint density at radius 3 is 2.52 bits per heavy atom. The maximum Gasteiger partial charge on any atom is 0.0681 e. The average Bonchev–Trinajstić information content (AvgIpc) is 2.68. The van der Waals surface area contributed by atoms with Crippen molar-refractivity contribution >= 4 is 0 Å². The molecule has 1 aliphatic rings. The number of piperidine rings is 1. The van der Waals surface area contributed by atoms with E-state index in [2.05, 4.69) is 53.5 Å². The minimum atomic E-state index is 0.0965. The average molecular weight is 338 g/mol. The summed E-state index contributed by atoms with van der Waals surface area (Å²) < 4.78 is 0. The molecule has 3 nitrogen and oxygen atoms in total. The van der Waals surface area contributed by atoms with Crippen molar-refractivity contribution < 1.29 is 5.11 Å². The van der Waals surface area contributed by atoms with E-state index >= 15 is 0 Å². The van der Waals surface area contributed by atoms with E-state index in [0.29, 0.717) is 0 Å². The lowest BCUT2D eigenvalue weighted by Crippen LogP contribution is -2.30. The molecule has 0 spiro atoms. The second-order valence-corrected chi connectivity index (χ2v) is 7.11. The third-order valence-electron chi connectivity index (χ3n) is 5.19. The molecule has 0 aliphatic carbocycles. The summed E-state index contributed by atoms with van der Waals surface area (Å²) in [6.45, 7) is 6.67. The van der Waals surface area contributed by atoms with Gasteiger partial charge in [-0.1, -0.05) is 55.0 Å². The molecule has 1 aliphatic heterocycles. The van der Waals surface area contributed by atoms with Gasteiger partial charge in [0.2, 0.25) is 0 Å². The third-order valence-corrected chi connectivity index (χ3v) is 5.19. The van der Waals surface area contributed by atoms with E-state index in [1.54, 1.807) is 0 Å². The number of hydrogen-bond acceptors (Lipinski definition) is 3. The number of hydrogen-bond donors (Lipinski definition) is 2. The molecule has 25 heavy (non-hydrogen) atoms. The summed E-state index contributed by atoms with van der Waals surface area (Å²) in [6.07, 6.45) is 4.04. The molecule has 1 fully saturated rings. The summed E-state index contributed by atoms with van der Waals surface area (Å²) in [5, 5.41) is 13.0. The van der Waals surface area contributed by atoms with Gasteiger partial charge in [-0.05, 0) is 55.1 Å². The van der Waals surface area contributed by atoms with Crippen LogP contribution in [-0.4, -0.2) is 23.1 Å². The highest BCUT2D eigenvalue weighted by Crippen LogP contribution is 2.18. The number of nitrogens with zero attached hydrogens (tertiary/aromatic N) is 1. The Kier molecular flexibility index (Phi) is 6.62. The van der Waals surface area contributed by atoms with Crippen molar-refractivity contribution in [3.8, 4) is 0 Å². The van der Waals surface area contributed by atoms with Crippen LogP contribution in [0.25, 0.3) is 0 Å². The van der Waals surface area contributed by atoms with E-state index in [-0.39, 0.29) is 12.6 Å². The number of rotatable bonds is 7. The fourth-order valence-electron chi connectivity index (χ4n) is 3.58. The van der Waals surface area contributed by atoms with Crippen molar-refractivity contribution in [1.82, 2.24) is 10.2 Å². The molecule has 3 rings (SSSR count). The van der Waals surface area contributed by atoms with Gasteiger partial charge in [0.05, 0.1) is 6.61 Å². The van der Waals surface area contributed by atoms with Gasteiger partial charge >= 0.3 is 0 Å². The first-order chi connectivity index (χ1) is 12.3. The predicted octanol–water partition coefficient (Wildman–Crippen LogP) is 4.02. The highest BCUT2D eigenvalue weighted by atomic mass is 16.3. The van der Waals surface area contributed by atoms with Gasteiger partial charge in [0, 0.05) is 19.1 Å². The van der Waals surface area contributed by atoms with Crippen LogP contribution in [0.2, 0.25) is 0 Å². The summed E-state index contributed by atoms with van der Waals surface area (Å²) in [6, 6.07) is 17.2. The van der Waals surface area contributed by atoms with E-state index in [0.717, 1.165) is 18.7 Å².